The van der Waals surface area contributed by atoms with Gasteiger partial charge in [0.2, 0.25) is 5.88 Å². The number of imidazole rings is 1. The molecule has 0 atom stereocenters. The second kappa shape index (κ2) is 7.93. The number of pyridine rings is 1. The highest BCUT2D eigenvalue weighted by atomic mass is 19.4. The number of halogens is 3. The molecule has 2 N–H and O–H groups in total. The third-order valence-corrected chi connectivity index (χ3v) is 4.09. The van der Waals surface area contributed by atoms with Crippen LogP contribution in [0.15, 0.2) is 30.5 Å². The number of carboxylic acid groups (broad SMARTS) is 1. The molecule has 158 valence electrons. The van der Waals surface area contributed by atoms with Gasteiger partial charge in [-0.3, -0.25) is 0 Å². The number of ether oxygens (including phenoxy) is 3. The number of benzene rings is 1. The molecule has 11 heteroatoms. The summed E-state index contributed by atoms with van der Waals surface area (Å²) >= 11 is 0. The van der Waals surface area contributed by atoms with E-state index in [4.69, 9.17) is 14.6 Å². The number of aromatic nitrogens is 3. The minimum Gasteiger partial charge on any atom is -0.496 e. The van der Waals surface area contributed by atoms with E-state index in [1.54, 1.807) is 13.0 Å². The van der Waals surface area contributed by atoms with E-state index < -0.39 is 18.1 Å². The Morgan fingerprint density at radius 2 is 1.87 bits per heavy atom. The molecule has 8 nitrogen and oxygen atoms in total. The van der Waals surface area contributed by atoms with Crippen molar-refractivity contribution in [2.45, 2.75) is 13.3 Å². The second-order valence-electron chi connectivity index (χ2n) is 6.07. The zero-order valence-electron chi connectivity index (χ0n) is 16.0. The van der Waals surface area contributed by atoms with Gasteiger partial charge in [-0.15, -0.1) is 13.2 Å². The number of hydrogen-bond acceptors (Lipinski definition) is 6. The average Bonchev–Trinajstić information content (AvgIpc) is 3.17. The predicted octanol–water partition coefficient (Wildman–Crippen LogP) is 4.06. The van der Waals surface area contributed by atoms with Crippen molar-refractivity contribution in [1.29, 1.82) is 0 Å². The summed E-state index contributed by atoms with van der Waals surface area (Å²) < 4.78 is 51.9. The zero-order chi connectivity index (χ0) is 22.1. The van der Waals surface area contributed by atoms with Gasteiger partial charge in [-0.25, -0.2) is 14.8 Å². The van der Waals surface area contributed by atoms with Gasteiger partial charge in [0.05, 0.1) is 31.7 Å². The quantitative estimate of drug-likeness (QED) is 0.616. The van der Waals surface area contributed by atoms with Crippen LogP contribution in [0, 0.1) is 6.92 Å². The minimum atomic E-state index is -4.83. The number of carboxylic acids is 1. The SMILES string of the molecule is COc1cc(OC(F)(F)F)ccc1-c1nc(OC)c(-c2ncc(C(=O)O)[nH]2)cc1C. The van der Waals surface area contributed by atoms with Crippen molar-refractivity contribution in [2.75, 3.05) is 14.2 Å². The first kappa shape index (κ1) is 21.0. The molecule has 0 saturated carbocycles. The van der Waals surface area contributed by atoms with Crippen molar-refractivity contribution in [3.63, 3.8) is 0 Å². The van der Waals surface area contributed by atoms with Gasteiger partial charge in [-0.05, 0) is 30.7 Å². The summed E-state index contributed by atoms with van der Waals surface area (Å²) in [5, 5.41) is 9.06. The van der Waals surface area contributed by atoms with Gasteiger partial charge in [-0.2, -0.15) is 0 Å². The third kappa shape index (κ3) is 4.29. The second-order valence-corrected chi connectivity index (χ2v) is 6.07. The molecule has 0 amide bonds. The van der Waals surface area contributed by atoms with Crippen molar-refractivity contribution in [3.8, 4) is 40.0 Å². The zero-order valence-corrected chi connectivity index (χ0v) is 16.0. The van der Waals surface area contributed by atoms with Crippen LogP contribution < -0.4 is 14.2 Å². The van der Waals surface area contributed by atoms with E-state index in [1.807, 2.05) is 0 Å². The van der Waals surface area contributed by atoms with Crippen LogP contribution >= 0.6 is 0 Å². The maximum atomic E-state index is 12.5. The van der Waals surface area contributed by atoms with Crippen LogP contribution in [0.5, 0.6) is 17.4 Å². The lowest BCUT2D eigenvalue weighted by atomic mass is 10.0. The van der Waals surface area contributed by atoms with Crippen molar-refractivity contribution < 1.29 is 37.3 Å². The first-order chi connectivity index (χ1) is 14.1. The summed E-state index contributed by atoms with van der Waals surface area (Å²) in [6, 6.07) is 5.32. The molecule has 1 aromatic carbocycles. The highest BCUT2D eigenvalue weighted by Gasteiger charge is 2.31. The first-order valence-corrected chi connectivity index (χ1v) is 8.41. The lowest BCUT2D eigenvalue weighted by Crippen LogP contribution is -2.17. The van der Waals surface area contributed by atoms with E-state index in [9.17, 15) is 18.0 Å². The fraction of sp³-hybridized carbons (Fsp3) is 0.211. The molecule has 0 fully saturated rings. The minimum absolute atomic E-state index is 0.101. The van der Waals surface area contributed by atoms with Crippen LogP contribution in [0.2, 0.25) is 0 Å². The molecule has 0 radical (unpaired) electrons. The van der Waals surface area contributed by atoms with Crippen LogP contribution in [-0.4, -0.2) is 46.6 Å². The number of aryl methyl sites for hydroxylation is 1. The Hall–Kier alpha value is -3.76. The molecule has 0 aliphatic heterocycles. The lowest BCUT2D eigenvalue weighted by molar-refractivity contribution is -0.274. The number of nitrogens with zero attached hydrogens (tertiary/aromatic N) is 2. The van der Waals surface area contributed by atoms with Gasteiger partial charge in [0, 0.05) is 11.6 Å². The summed E-state index contributed by atoms with van der Waals surface area (Å²) in [5.74, 6) is -1.10. The van der Waals surface area contributed by atoms with Crippen molar-refractivity contribution in [2.24, 2.45) is 0 Å². The molecule has 0 saturated heterocycles. The van der Waals surface area contributed by atoms with Crippen molar-refractivity contribution in [3.05, 3.63) is 41.7 Å². The molecule has 0 bridgehead atoms. The molecule has 30 heavy (non-hydrogen) atoms. The highest BCUT2D eigenvalue weighted by molar-refractivity contribution is 5.86. The summed E-state index contributed by atoms with van der Waals surface area (Å²) in [7, 11) is 2.69. The van der Waals surface area contributed by atoms with E-state index in [1.165, 1.54) is 26.5 Å². The van der Waals surface area contributed by atoms with Crippen molar-refractivity contribution >= 4 is 5.97 Å². The molecule has 2 heterocycles. The van der Waals surface area contributed by atoms with Gasteiger partial charge in [0.1, 0.15) is 23.0 Å². The van der Waals surface area contributed by atoms with E-state index in [0.29, 0.717) is 22.4 Å². The van der Waals surface area contributed by atoms with Gasteiger partial charge in [0.15, 0.2) is 0 Å². The van der Waals surface area contributed by atoms with Crippen LogP contribution in [-0.2, 0) is 0 Å². The standard InChI is InChI=1S/C19H16F3N3O5/c1-9-6-12(16-23-8-13(24-16)18(26)27)17(29-3)25-15(9)11-5-4-10(7-14(11)28-2)30-19(20,21)22/h4-8H,1-3H3,(H,23,24)(H,26,27). The van der Waals surface area contributed by atoms with Crippen molar-refractivity contribution in [1.82, 2.24) is 15.0 Å². The largest absolute Gasteiger partial charge is 0.573 e. The van der Waals surface area contributed by atoms with Crippen LogP contribution in [0.25, 0.3) is 22.6 Å². The fourth-order valence-electron chi connectivity index (χ4n) is 2.83. The van der Waals surface area contributed by atoms with E-state index in [0.717, 1.165) is 12.1 Å². The summed E-state index contributed by atoms with van der Waals surface area (Å²) in [6.45, 7) is 1.73. The number of aromatic carboxylic acids is 1. The maximum absolute atomic E-state index is 12.5. The van der Waals surface area contributed by atoms with E-state index in [2.05, 4.69) is 19.7 Å². The Morgan fingerprint density at radius 1 is 1.13 bits per heavy atom. The topological polar surface area (TPSA) is 107 Å². The molecule has 2 aromatic heterocycles. The Morgan fingerprint density at radius 3 is 2.43 bits per heavy atom. The molecule has 3 aromatic rings. The molecule has 0 unspecified atom stereocenters. The average molecular weight is 423 g/mol. The summed E-state index contributed by atoms with van der Waals surface area (Å²) in [5.41, 5.74) is 1.76. The monoisotopic (exact) mass is 423 g/mol. The number of aromatic amines is 1. The van der Waals surface area contributed by atoms with Crippen LogP contribution in [0.1, 0.15) is 16.1 Å². The number of nitrogens with one attached hydrogen (secondary N) is 1. The number of H-pyrrole nitrogens is 1. The van der Waals surface area contributed by atoms with Gasteiger partial charge >= 0.3 is 12.3 Å². The van der Waals surface area contributed by atoms with Crippen LogP contribution in [0.3, 0.4) is 0 Å². The maximum Gasteiger partial charge on any atom is 0.573 e. The van der Waals surface area contributed by atoms with Gasteiger partial charge in [0.25, 0.3) is 0 Å². The highest BCUT2D eigenvalue weighted by Crippen LogP contribution is 2.38. The number of rotatable bonds is 6. The Kier molecular flexibility index (Phi) is 5.54. The van der Waals surface area contributed by atoms with E-state index in [-0.39, 0.29) is 23.1 Å². The Bertz CT molecular complexity index is 1100. The molecule has 0 aliphatic carbocycles. The normalized spacial score (nSPS) is 11.3. The molecular formula is C19H16F3N3O5. The van der Waals surface area contributed by atoms with Gasteiger partial charge in [-0.1, -0.05) is 0 Å². The smallest absolute Gasteiger partial charge is 0.496 e. The number of carbonyl (C=O) groups is 1. The molecule has 3 rings (SSSR count). The molecule has 0 spiro atoms. The summed E-state index contributed by atoms with van der Waals surface area (Å²) in [4.78, 5) is 22.2. The fourth-order valence-corrected chi connectivity index (χ4v) is 2.83. The number of hydrogen-bond donors (Lipinski definition) is 2. The number of alkyl halides is 3. The number of methoxy groups -OCH3 is 2. The lowest BCUT2D eigenvalue weighted by Gasteiger charge is -2.15. The van der Waals surface area contributed by atoms with Crippen LogP contribution in [0.4, 0.5) is 13.2 Å². The first-order valence-electron chi connectivity index (χ1n) is 8.41. The molecule has 0 aliphatic rings. The van der Waals surface area contributed by atoms with Gasteiger partial charge < -0.3 is 24.3 Å². The Balaban J connectivity index is 2.07. The Labute approximate surface area is 168 Å². The summed E-state index contributed by atoms with van der Waals surface area (Å²) in [6.07, 6.45) is -3.66. The molecular weight excluding hydrogens is 407 g/mol. The third-order valence-electron chi connectivity index (χ3n) is 4.09. The van der Waals surface area contributed by atoms with E-state index >= 15 is 0 Å². The predicted molar refractivity (Wildman–Crippen MR) is 98.7 cm³/mol.